The molecule has 1 amide bonds. The topological polar surface area (TPSA) is 89.3 Å². The highest BCUT2D eigenvalue weighted by atomic mass is 16.5. The van der Waals surface area contributed by atoms with Crippen LogP contribution in [0.15, 0.2) is 48.5 Å². The summed E-state index contributed by atoms with van der Waals surface area (Å²) in [6, 6.07) is 16.4. The molecule has 0 aliphatic carbocycles. The molecule has 2 aromatic carbocycles. The lowest BCUT2D eigenvalue weighted by Gasteiger charge is -2.32. The number of methoxy groups -OCH3 is 1. The van der Waals surface area contributed by atoms with Crippen molar-refractivity contribution in [2.24, 2.45) is 5.92 Å². The van der Waals surface area contributed by atoms with E-state index in [0.717, 1.165) is 55.8 Å². The molecular weight excluding hydrogens is 478 g/mol. The van der Waals surface area contributed by atoms with E-state index in [9.17, 15) is 9.59 Å². The molecule has 2 heterocycles. The number of likely N-dealkylation sites (tertiary alicyclic amines) is 1. The maximum Gasteiger partial charge on any atom is 0.217 e. The standard InChI is InChI=1S/C30H39N5O3/c1-21(2)18-27(37)20-35-30(25-6-5-7-28(19-25)38-4)32-29(33-35)24-10-8-23(9-11-24)12-15-34-16-13-26(14-17-34)31-22(3)36/h5-11,19,21,26H,12-18,20H2,1-4H3,(H,31,36). The molecule has 1 aliphatic heterocycles. The predicted octanol–water partition coefficient (Wildman–Crippen LogP) is 4.38. The fourth-order valence-corrected chi connectivity index (χ4v) is 4.93. The highest BCUT2D eigenvalue weighted by Crippen LogP contribution is 2.26. The Labute approximate surface area is 225 Å². The molecule has 38 heavy (non-hydrogen) atoms. The molecule has 1 N–H and O–H groups in total. The number of nitrogens with zero attached hydrogens (tertiary/aromatic N) is 4. The molecular formula is C30H39N5O3. The maximum absolute atomic E-state index is 12.7. The Kier molecular flexibility index (Phi) is 9.29. The summed E-state index contributed by atoms with van der Waals surface area (Å²) in [4.78, 5) is 31.2. The number of hydrogen-bond donors (Lipinski definition) is 1. The second-order valence-electron chi connectivity index (χ2n) is 10.5. The van der Waals surface area contributed by atoms with Crippen LogP contribution in [0, 0.1) is 5.92 Å². The van der Waals surface area contributed by atoms with Crippen molar-refractivity contribution in [2.45, 2.75) is 59.0 Å². The van der Waals surface area contributed by atoms with Crippen LogP contribution in [0.2, 0.25) is 0 Å². The van der Waals surface area contributed by atoms with Crippen molar-refractivity contribution in [3.63, 3.8) is 0 Å². The normalized spacial score (nSPS) is 14.6. The third-order valence-corrected chi connectivity index (χ3v) is 6.89. The number of Topliss-reactive ketones (excluding diaryl/α,β-unsaturated/α-hetero) is 1. The van der Waals surface area contributed by atoms with Gasteiger partial charge in [0.25, 0.3) is 0 Å². The van der Waals surface area contributed by atoms with Crippen LogP contribution in [0.25, 0.3) is 22.8 Å². The van der Waals surface area contributed by atoms with E-state index in [-0.39, 0.29) is 18.2 Å². The minimum absolute atomic E-state index is 0.0561. The van der Waals surface area contributed by atoms with Gasteiger partial charge in [-0.3, -0.25) is 9.59 Å². The molecule has 1 saturated heterocycles. The quantitative estimate of drug-likeness (QED) is 0.406. The third kappa shape index (κ3) is 7.51. The van der Waals surface area contributed by atoms with Gasteiger partial charge in [0.05, 0.1) is 7.11 Å². The van der Waals surface area contributed by atoms with E-state index in [2.05, 4.69) is 34.5 Å². The van der Waals surface area contributed by atoms with Crippen LogP contribution in [0.1, 0.15) is 45.6 Å². The highest BCUT2D eigenvalue weighted by molar-refractivity contribution is 5.79. The molecule has 0 spiro atoms. The van der Waals surface area contributed by atoms with Gasteiger partial charge in [0, 0.05) is 50.1 Å². The molecule has 0 radical (unpaired) electrons. The fourth-order valence-electron chi connectivity index (χ4n) is 4.93. The van der Waals surface area contributed by atoms with E-state index in [0.29, 0.717) is 30.0 Å². The van der Waals surface area contributed by atoms with Gasteiger partial charge in [-0.25, -0.2) is 9.67 Å². The van der Waals surface area contributed by atoms with E-state index in [1.807, 2.05) is 38.1 Å². The molecule has 1 aromatic heterocycles. The summed E-state index contributed by atoms with van der Waals surface area (Å²) in [5, 5.41) is 7.78. The van der Waals surface area contributed by atoms with Crippen LogP contribution in [0.3, 0.4) is 0 Å². The summed E-state index contributed by atoms with van der Waals surface area (Å²) >= 11 is 0. The van der Waals surface area contributed by atoms with Crippen molar-refractivity contribution >= 4 is 11.7 Å². The Hall–Kier alpha value is -3.52. The fraction of sp³-hybridized carbons (Fsp3) is 0.467. The second-order valence-corrected chi connectivity index (χ2v) is 10.5. The second kappa shape index (κ2) is 12.8. The SMILES string of the molecule is COc1cccc(-c2nc(-c3ccc(CCN4CCC(NC(C)=O)CC4)cc3)nn2CC(=O)CC(C)C)c1. The van der Waals surface area contributed by atoms with Crippen LogP contribution >= 0.6 is 0 Å². The zero-order valence-corrected chi connectivity index (χ0v) is 22.9. The van der Waals surface area contributed by atoms with Gasteiger partial charge in [0.2, 0.25) is 5.91 Å². The molecule has 1 fully saturated rings. The van der Waals surface area contributed by atoms with Crippen molar-refractivity contribution in [3.8, 4) is 28.5 Å². The Balaban J connectivity index is 1.45. The first-order chi connectivity index (χ1) is 18.3. The molecule has 8 nitrogen and oxygen atoms in total. The van der Waals surface area contributed by atoms with E-state index >= 15 is 0 Å². The predicted molar refractivity (Wildman–Crippen MR) is 149 cm³/mol. The zero-order chi connectivity index (χ0) is 27.1. The summed E-state index contributed by atoms with van der Waals surface area (Å²) in [7, 11) is 1.64. The van der Waals surface area contributed by atoms with Gasteiger partial charge in [0.1, 0.15) is 12.3 Å². The minimum atomic E-state index is 0.0561. The number of hydrogen-bond acceptors (Lipinski definition) is 6. The first-order valence-electron chi connectivity index (χ1n) is 13.5. The lowest BCUT2D eigenvalue weighted by molar-refractivity contribution is -0.121. The number of rotatable bonds is 11. The molecule has 8 heteroatoms. The molecule has 202 valence electrons. The van der Waals surface area contributed by atoms with Gasteiger partial charge in [-0.2, -0.15) is 0 Å². The highest BCUT2D eigenvalue weighted by Gasteiger charge is 2.20. The van der Waals surface area contributed by atoms with Crippen molar-refractivity contribution in [1.82, 2.24) is 25.0 Å². The number of carbonyl (C=O) groups is 2. The van der Waals surface area contributed by atoms with Gasteiger partial charge < -0.3 is 15.0 Å². The van der Waals surface area contributed by atoms with Crippen LogP contribution < -0.4 is 10.1 Å². The number of benzene rings is 2. The Morgan fingerprint density at radius 3 is 2.47 bits per heavy atom. The number of carbonyl (C=O) groups excluding carboxylic acids is 2. The Morgan fingerprint density at radius 1 is 1.08 bits per heavy atom. The summed E-state index contributed by atoms with van der Waals surface area (Å²) in [6.45, 7) is 8.87. The van der Waals surface area contributed by atoms with Gasteiger partial charge in [0.15, 0.2) is 17.4 Å². The van der Waals surface area contributed by atoms with E-state index in [4.69, 9.17) is 14.8 Å². The Morgan fingerprint density at radius 2 is 1.82 bits per heavy atom. The van der Waals surface area contributed by atoms with Gasteiger partial charge in [-0.05, 0) is 42.9 Å². The monoisotopic (exact) mass is 517 g/mol. The molecule has 0 saturated carbocycles. The van der Waals surface area contributed by atoms with E-state index in [1.165, 1.54) is 5.56 Å². The number of amides is 1. The Bertz CT molecular complexity index is 1230. The third-order valence-electron chi connectivity index (χ3n) is 6.89. The lowest BCUT2D eigenvalue weighted by atomic mass is 10.0. The molecule has 3 aromatic rings. The van der Waals surface area contributed by atoms with E-state index in [1.54, 1.807) is 18.7 Å². The number of ketones is 1. The minimum Gasteiger partial charge on any atom is -0.497 e. The number of aromatic nitrogens is 3. The van der Waals surface area contributed by atoms with Crippen LogP contribution in [0.5, 0.6) is 5.75 Å². The number of nitrogens with one attached hydrogen (secondary N) is 1. The maximum atomic E-state index is 12.7. The number of ether oxygens (including phenoxy) is 1. The van der Waals surface area contributed by atoms with Crippen LogP contribution in [0.4, 0.5) is 0 Å². The molecule has 1 aliphatic rings. The first-order valence-corrected chi connectivity index (χ1v) is 13.5. The summed E-state index contributed by atoms with van der Waals surface area (Å²) < 4.78 is 7.11. The smallest absolute Gasteiger partial charge is 0.217 e. The van der Waals surface area contributed by atoms with Crippen LogP contribution in [-0.2, 0) is 22.6 Å². The number of piperidine rings is 1. The van der Waals surface area contributed by atoms with Crippen molar-refractivity contribution in [1.29, 1.82) is 0 Å². The lowest BCUT2D eigenvalue weighted by Crippen LogP contribution is -2.44. The van der Waals surface area contributed by atoms with Gasteiger partial charge >= 0.3 is 0 Å². The largest absolute Gasteiger partial charge is 0.497 e. The van der Waals surface area contributed by atoms with Crippen molar-refractivity contribution in [3.05, 3.63) is 54.1 Å². The van der Waals surface area contributed by atoms with E-state index < -0.39 is 0 Å². The molecule has 0 bridgehead atoms. The average Bonchev–Trinajstić information content (AvgIpc) is 3.31. The van der Waals surface area contributed by atoms with Crippen LogP contribution in [-0.4, -0.2) is 64.1 Å². The van der Waals surface area contributed by atoms with Gasteiger partial charge in [-0.1, -0.05) is 50.2 Å². The summed E-state index contributed by atoms with van der Waals surface area (Å²) in [5.74, 6) is 2.48. The van der Waals surface area contributed by atoms with Gasteiger partial charge in [-0.15, -0.1) is 5.10 Å². The van der Waals surface area contributed by atoms with Crippen molar-refractivity contribution in [2.75, 3.05) is 26.7 Å². The average molecular weight is 518 g/mol. The molecule has 0 atom stereocenters. The summed E-state index contributed by atoms with van der Waals surface area (Å²) in [5.41, 5.74) is 3.04. The molecule has 4 rings (SSSR count). The van der Waals surface area contributed by atoms with Crippen molar-refractivity contribution < 1.29 is 14.3 Å². The molecule has 0 unspecified atom stereocenters. The zero-order valence-electron chi connectivity index (χ0n) is 22.9. The first kappa shape index (κ1) is 27.5. The summed E-state index contributed by atoms with van der Waals surface area (Å²) in [6.07, 6.45) is 3.47.